The second-order valence-electron chi connectivity index (χ2n) is 6.03. The van der Waals surface area contributed by atoms with E-state index >= 15 is 0 Å². The maximum atomic E-state index is 5.57. The summed E-state index contributed by atoms with van der Waals surface area (Å²) in [5.74, 6) is 0.824. The number of rotatable bonds is 3. The van der Waals surface area contributed by atoms with Crippen molar-refractivity contribution in [2.75, 3.05) is 53.1 Å². The molecular weight excluding hydrogens is 216 g/mol. The smallest absolute Gasteiger partial charge is 0.0620 e. The number of nitrogens with zero attached hydrogens (tertiary/aromatic N) is 1. The summed E-state index contributed by atoms with van der Waals surface area (Å²) >= 11 is 0. The van der Waals surface area contributed by atoms with Gasteiger partial charge in [-0.15, -0.1) is 0 Å². The van der Waals surface area contributed by atoms with Crippen molar-refractivity contribution in [3.8, 4) is 0 Å². The van der Waals surface area contributed by atoms with Gasteiger partial charge in [-0.3, -0.25) is 0 Å². The summed E-state index contributed by atoms with van der Waals surface area (Å²) in [7, 11) is 2.23. The summed E-state index contributed by atoms with van der Waals surface area (Å²) in [6.45, 7) is 7.17. The molecule has 17 heavy (non-hydrogen) atoms. The molecule has 0 aliphatic carbocycles. The predicted octanol–water partition coefficient (Wildman–Crippen LogP) is 0.333. The summed E-state index contributed by atoms with van der Waals surface area (Å²) in [6, 6.07) is 0.540. The van der Waals surface area contributed by atoms with Crippen molar-refractivity contribution >= 4 is 0 Å². The summed E-state index contributed by atoms with van der Waals surface area (Å²) in [4.78, 5) is 2.45. The highest BCUT2D eigenvalue weighted by molar-refractivity contribution is 4.98. The average Bonchev–Trinajstić information content (AvgIpc) is 2.72. The molecule has 3 heterocycles. The predicted molar refractivity (Wildman–Crippen MR) is 66.1 cm³/mol. The molecule has 3 aliphatic heterocycles. The van der Waals surface area contributed by atoms with Crippen molar-refractivity contribution in [3.63, 3.8) is 0 Å². The first-order valence-corrected chi connectivity index (χ1v) is 6.86. The van der Waals surface area contributed by atoms with Crippen LogP contribution in [0.25, 0.3) is 0 Å². The molecule has 0 bridgehead atoms. The highest BCUT2D eigenvalue weighted by atomic mass is 16.5. The van der Waals surface area contributed by atoms with E-state index in [1.165, 1.54) is 25.9 Å². The van der Waals surface area contributed by atoms with E-state index in [0.717, 1.165) is 38.9 Å². The van der Waals surface area contributed by atoms with Gasteiger partial charge in [-0.2, -0.15) is 0 Å². The molecule has 0 saturated carbocycles. The fourth-order valence-corrected chi connectivity index (χ4v) is 3.56. The third-order valence-corrected chi connectivity index (χ3v) is 4.69. The zero-order valence-electron chi connectivity index (χ0n) is 10.8. The summed E-state index contributed by atoms with van der Waals surface area (Å²) in [6.07, 6.45) is 2.57. The quantitative estimate of drug-likeness (QED) is 0.771. The molecule has 3 saturated heterocycles. The van der Waals surface area contributed by atoms with Crippen LogP contribution in [0.3, 0.4) is 0 Å². The second-order valence-corrected chi connectivity index (χ2v) is 6.03. The molecule has 0 amide bonds. The van der Waals surface area contributed by atoms with Crippen LogP contribution < -0.4 is 5.32 Å². The van der Waals surface area contributed by atoms with Crippen molar-refractivity contribution < 1.29 is 9.47 Å². The minimum Gasteiger partial charge on any atom is -0.380 e. The molecule has 0 aromatic rings. The Hall–Kier alpha value is -0.160. The van der Waals surface area contributed by atoms with Gasteiger partial charge in [0.2, 0.25) is 0 Å². The molecule has 0 aromatic heterocycles. The Bertz CT molecular complexity index is 262. The number of likely N-dealkylation sites (tertiary alicyclic amines) is 1. The van der Waals surface area contributed by atoms with Crippen molar-refractivity contribution in [2.24, 2.45) is 11.3 Å². The lowest BCUT2D eigenvalue weighted by atomic mass is 9.69. The highest BCUT2D eigenvalue weighted by Crippen LogP contribution is 2.44. The van der Waals surface area contributed by atoms with Crippen LogP contribution >= 0.6 is 0 Å². The summed E-state index contributed by atoms with van der Waals surface area (Å²) < 4.78 is 11.1. The van der Waals surface area contributed by atoms with E-state index in [1.807, 2.05) is 0 Å². The Morgan fingerprint density at radius 2 is 2.24 bits per heavy atom. The lowest BCUT2D eigenvalue weighted by molar-refractivity contribution is -0.155. The molecule has 3 rings (SSSR count). The molecule has 0 spiro atoms. The first-order chi connectivity index (χ1) is 8.28. The fraction of sp³-hybridized carbons (Fsp3) is 1.00. The standard InChI is InChI=1S/C13H24N2O2/c1-15-4-2-11(7-15)13(9-17-10-13)6-12-8-16-5-3-14-12/h11-12,14H,2-10H2,1H3. The Kier molecular flexibility index (Phi) is 3.39. The number of hydrogen-bond acceptors (Lipinski definition) is 4. The normalized spacial score (nSPS) is 37.9. The molecular formula is C13H24N2O2. The van der Waals surface area contributed by atoms with Gasteiger partial charge in [0.05, 0.1) is 26.4 Å². The van der Waals surface area contributed by atoms with Gasteiger partial charge in [0.15, 0.2) is 0 Å². The largest absolute Gasteiger partial charge is 0.380 e. The van der Waals surface area contributed by atoms with Crippen LogP contribution in [0.2, 0.25) is 0 Å². The van der Waals surface area contributed by atoms with Crippen LogP contribution in [0, 0.1) is 11.3 Å². The third kappa shape index (κ3) is 2.36. The number of nitrogens with one attached hydrogen (secondary N) is 1. The molecule has 3 aliphatic rings. The van der Waals surface area contributed by atoms with Crippen molar-refractivity contribution in [3.05, 3.63) is 0 Å². The van der Waals surface area contributed by atoms with E-state index in [2.05, 4.69) is 17.3 Å². The Morgan fingerprint density at radius 1 is 1.35 bits per heavy atom. The van der Waals surface area contributed by atoms with E-state index in [1.54, 1.807) is 0 Å². The minimum atomic E-state index is 0.434. The topological polar surface area (TPSA) is 33.7 Å². The zero-order valence-corrected chi connectivity index (χ0v) is 10.8. The van der Waals surface area contributed by atoms with Crippen LogP contribution in [0.1, 0.15) is 12.8 Å². The minimum absolute atomic E-state index is 0.434. The Balaban J connectivity index is 1.61. The van der Waals surface area contributed by atoms with Crippen molar-refractivity contribution in [1.29, 1.82) is 0 Å². The van der Waals surface area contributed by atoms with Crippen LogP contribution in [0.4, 0.5) is 0 Å². The third-order valence-electron chi connectivity index (χ3n) is 4.69. The van der Waals surface area contributed by atoms with Gasteiger partial charge in [0.25, 0.3) is 0 Å². The molecule has 4 heteroatoms. The first kappa shape index (κ1) is 11.9. The van der Waals surface area contributed by atoms with E-state index < -0.39 is 0 Å². The Labute approximate surface area is 104 Å². The van der Waals surface area contributed by atoms with Crippen LogP contribution in [0.5, 0.6) is 0 Å². The zero-order chi connectivity index (χ0) is 11.7. The maximum Gasteiger partial charge on any atom is 0.0620 e. The van der Waals surface area contributed by atoms with Gasteiger partial charge < -0.3 is 19.7 Å². The average molecular weight is 240 g/mol. The molecule has 0 radical (unpaired) electrons. The van der Waals surface area contributed by atoms with Gasteiger partial charge in [-0.05, 0) is 32.4 Å². The molecule has 3 fully saturated rings. The number of ether oxygens (including phenoxy) is 2. The molecule has 98 valence electrons. The van der Waals surface area contributed by atoms with E-state index in [9.17, 15) is 0 Å². The van der Waals surface area contributed by atoms with Crippen LogP contribution in [-0.2, 0) is 9.47 Å². The molecule has 2 atom stereocenters. The van der Waals surface area contributed by atoms with E-state index in [4.69, 9.17) is 9.47 Å². The number of morpholine rings is 1. The van der Waals surface area contributed by atoms with Crippen LogP contribution in [0.15, 0.2) is 0 Å². The molecule has 4 nitrogen and oxygen atoms in total. The monoisotopic (exact) mass is 240 g/mol. The molecule has 2 unspecified atom stereocenters. The van der Waals surface area contributed by atoms with E-state index in [-0.39, 0.29) is 0 Å². The molecule has 0 aromatic carbocycles. The maximum absolute atomic E-state index is 5.57. The first-order valence-electron chi connectivity index (χ1n) is 6.86. The van der Waals surface area contributed by atoms with Crippen LogP contribution in [-0.4, -0.2) is 64.1 Å². The van der Waals surface area contributed by atoms with Gasteiger partial charge in [-0.25, -0.2) is 0 Å². The highest BCUT2D eigenvalue weighted by Gasteiger charge is 2.48. The second kappa shape index (κ2) is 4.84. The lowest BCUT2D eigenvalue weighted by Gasteiger charge is -2.48. The van der Waals surface area contributed by atoms with Gasteiger partial charge in [-0.1, -0.05) is 0 Å². The van der Waals surface area contributed by atoms with Gasteiger partial charge >= 0.3 is 0 Å². The van der Waals surface area contributed by atoms with Gasteiger partial charge in [0, 0.05) is 24.5 Å². The SMILES string of the molecule is CN1CCC(C2(CC3COCCN3)COC2)C1. The lowest BCUT2D eigenvalue weighted by Crippen LogP contribution is -2.55. The van der Waals surface area contributed by atoms with Crippen molar-refractivity contribution in [1.82, 2.24) is 10.2 Å². The number of hydrogen-bond donors (Lipinski definition) is 1. The van der Waals surface area contributed by atoms with E-state index in [0.29, 0.717) is 11.5 Å². The van der Waals surface area contributed by atoms with Gasteiger partial charge in [0.1, 0.15) is 0 Å². The summed E-state index contributed by atoms with van der Waals surface area (Å²) in [5.41, 5.74) is 0.434. The molecule has 1 N–H and O–H groups in total. The Morgan fingerprint density at radius 3 is 2.76 bits per heavy atom. The fourth-order valence-electron chi connectivity index (χ4n) is 3.56. The summed E-state index contributed by atoms with van der Waals surface area (Å²) in [5, 5.41) is 3.58. The van der Waals surface area contributed by atoms with Crippen molar-refractivity contribution in [2.45, 2.75) is 18.9 Å².